The first-order valence-electron chi connectivity index (χ1n) is 9.47. The first kappa shape index (κ1) is 20.0. The van der Waals surface area contributed by atoms with E-state index >= 15 is 0 Å². The van der Waals surface area contributed by atoms with Gasteiger partial charge in [-0.15, -0.1) is 0 Å². The zero-order valence-corrected chi connectivity index (χ0v) is 17.8. The van der Waals surface area contributed by atoms with Crippen molar-refractivity contribution in [3.05, 3.63) is 66.0 Å². The van der Waals surface area contributed by atoms with Gasteiger partial charge in [0.05, 0.1) is 36.7 Å². The van der Waals surface area contributed by atoms with E-state index in [9.17, 15) is 4.79 Å². The van der Waals surface area contributed by atoms with E-state index in [1.54, 1.807) is 19.7 Å². The van der Waals surface area contributed by atoms with Crippen LogP contribution < -0.4 is 10.1 Å². The maximum absolute atomic E-state index is 12.5. The molecule has 1 amide bonds. The van der Waals surface area contributed by atoms with Crippen LogP contribution in [0.1, 0.15) is 17.0 Å². The number of hydrogen-bond acceptors (Lipinski definition) is 6. The predicted octanol–water partition coefficient (Wildman–Crippen LogP) is 4.43. The van der Waals surface area contributed by atoms with Crippen molar-refractivity contribution in [3.8, 4) is 5.75 Å². The topological polar surface area (TPSA) is 82.2 Å². The lowest BCUT2D eigenvalue weighted by molar-refractivity contribution is -0.113. The minimum Gasteiger partial charge on any atom is -0.495 e. The molecular weight excluding hydrogens is 400 g/mol. The summed E-state index contributed by atoms with van der Waals surface area (Å²) in [6.45, 7) is 4.71. The van der Waals surface area contributed by atoms with Crippen LogP contribution in [-0.2, 0) is 11.3 Å². The number of furan rings is 1. The molecule has 154 valence electrons. The minimum absolute atomic E-state index is 0.124. The second kappa shape index (κ2) is 8.62. The van der Waals surface area contributed by atoms with Gasteiger partial charge in [-0.05, 0) is 43.7 Å². The number of methoxy groups -OCH3 is 1. The van der Waals surface area contributed by atoms with Gasteiger partial charge >= 0.3 is 0 Å². The number of carbonyl (C=O) groups is 1. The van der Waals surface area contributed by atoms with Crippen LogP contribution >= 0.6 is 11.8 Å². The highest BCUT2D eigenvalue weighted by Gasteiger charge is 2.18. The van der Waals surface area contributed by atoms with Crippen LogP contribution in [0.15, 0.2) is 58.4 Å². The third-order valence-electron chi connectivity index (χ3n) is 4.99. The number of thioether (sulfide) groups is 1. The van der Waals surface area contributed by atoms with Crippen LogP contribution in [0.4, 0.5) is 5.69 Å². The normalized spacial score (nSPS) is 11.0. The van der Waals surface area contributed by atoms with Gasteiger partial charge in [-0.2, -0.15) is 0 Å². The predicted molar refractivity (Wildman–Crippen MR) is 117 cm³/mol. The average Bonchev–Trinajstić information content (AvgIpc) is 3.36. The van der Waals surface area contributed by atoms with E-state index in [0.717, 1.165) is 33.1 Å². The molecule has 0 unspecified atom stereocenters. The first-order chi connectivity index (χ1) is 14.6. The third kappa shape index (κ3) is 3.91. The summed E-state index contributed by atoms with van der Waals surface area (Å²) < 4.78 is 12.9. The highest BCUT2D eigenvalue weighted by Crippen LogP contribution is 2.32. The van der Waals surface area contributed by atoms with Gasteiger partial charge in [0.25, 0.3) is 0 Å². The molecule has 0 spiro atoms. The number of carbonyl (C=O) groups excluding carboxylic acids is 1. The van der Waals surface area contributed by atoms with Crippen molar-refractivity contribution in [2.45, 2.75) is 25.4 Å². The number of nitrogens with zero attached hydrogens (tertiary/aromatic N) is 3. The van der Waals surface area contributed by atoms with Gasteiger partial charge in [-0.3, -0.25) is 4.79 Å². The fourth-order valence-electron chi connectivity index (χ4n) is 3.37. The molecule has 0 radical (unpaired) electrons. The molecule has 0 bridgehead atoms. The van der Waals surface area contributed by atoms with Crippen LogP contribution in [0.2, 0.25) is 0 Å². The second-order valence-electron chi connectivity index (χ2n) is 6.79. The number of ether oxygens (including phenoxy) is 1. The van der Waals surface area contributed by atoms with Gasteiger partial charge in [0.2, 0.25) is 5.91 Å². The Kier molecular flexibility index (Phi) is 5.76. The zero-order chi connectivity index (χ0) is 21.1. The second-order valence-corrected chi connectivity index (χ2v) is 7.75. The Hall–Kier alpha value is -3.26. The molecular formula is C22H22N4O3S. The molecule has 0 atom stereocenters. The Labute approximate surface area is 178 Å². The van der Waals surface area contributed by atoms with E-state index in [-0.39, 0.29) is 11.7 Å². The fourth-order valence-corrected chi connectivity index (χ4v) is 4.22. The summed E-state index contributed by atoms with van der Waals surface area (Å²) in [4.78, 5) is 21.5. The number of rotatable bonds is 7. The molecule has 4 rings (SSSR count). The lowest BCUT2D eigenvalue weighted by atomic mass is 10.2. The SMILES string of the molecule is COc1ccccc1NC(=O)CSc1ncnc2c1c(C)c(C)n2Cc1ccco1. The molecule has 0 saturated heterocycles. The van der Waals surface area contributed by atoms with E-state index in [1.165, 1.54) is 11.8 Å². The molecule has 1 aromatic carbocycles. The Balaban J connectivity index is 1.55. The largest absolute Gasteiger partial charge is 0.495 e. The smallest absolute Gasteiger partial charge is 0.234 e. The molecule has 30 heavy (non-hydrogen) atoms. The summed E-state index contributed by atoms with van der Waals surface area (Å²) in [6.07, 6.45) is 3.21. The Morgan fingerprint density at radius 3 is 2.80 bits per heavy atom. The van der Waals surface area contributed by atoms with Crippen molar-refractivity contribution < 1.29 is 13.9 Å². The van der Waals surface area contributed by atoms with Crippen molar-refractivity contribution in [2.75, 3.05) is 18.2 Å². The quantitative estimate of drug-likeness (QED) is 0.350. The number of hydrogen-bond donors (Lipinski definition) is 1. The highest BCUT2D eigenvalue weighted by molar-refractivity contribution is 8.00. The van der Waals surface area contributed by atoms with Crippen LogP contribution in [0.25, 0.3) is 11.0 Å². The molecule has 0 aliphatic rings. The summed E-state index contributed by atoms with van der Waals surface area (Å²) in [7, 11) is 1.58. The van der Waals surface area contributed by atoms with Crippen LogP contribution in [0.3, 0.4) is 0 Å². The summed E-state index contributed by atoms with van der Waals surface area (Å²) in [6, 6.07) is 11.2. The minimum atomic E-state index is -0.124. The summed E-state index contributed by atoms with van der Waals surface area (Å²) in [5, 5.41) is 4.65. The monoisotopic (exact) mass is 422 g/mol. The van der Waals surface area contributed by atoms with E-state index in [1.807, 2.05) is 36.4 Å². The molecule has 3 aromatic heterocycles. The van der Waals surface area contributed by atoms with Crippen LogP contribution in [-0.4, -0.2) is 33.3 Å². The maximum Gasteiger partial charge on any atom is 0.234 e. The highest BCUT2D eigenvalue weighted by atomic mass is 32.2. The third-order valence-corrected chi connectivity index (χ3v) is 5.98. The van der Waals surface area contributed by atoms with Crippen LogP contribution in [0, 0.1) is 13.8 Å². The number of benzene rings is 1. The Bertz CT molecular complexity index is 1180. The lowest BCUT2D eigenvalue weighted by Crippen LogP contribution is -2.14. The summed E-state index contributed by atoms with van der Waals surface area (Å²) >= 11 is 1.39. The number of aromatic nitrogens is 3. The molecule has 3 heterocycles. The van der Waals surface area contributed by atoms with Crippen molar-refractivity contribution in [1.82, 2.24) is 14.5 Å². The lowest BCUT2D eigenvalue weighted by Gasteiger charge is -2.09. The van der Waals surface area contributed by atoms with Crippen molar-refractivity contribution in [3.63, 3.8) is 0 Å². The molecule has 0 saturated carbocycles. The van der Waals surface area contributed by atoms with Gasteiger partial charge in [0.15, 0.2) is 0 Å². The van der Waals surface area contributed by atoms with Crippen molar-refractivity contribution in [1.29, 1.82) is 0 Å². The number of fused-ring (bicyclic) bond motifs is 1. The van der Waals surface area contributed by atoms with E-state index in [4.69, 9.17) is 9.15 Å². The van der Waals surface area contributed by atoms with Gasteiger partial charge < -0.3 is 19.0 Å². The molecule has 0 fully saturated rings. The van der Waals surface area contributed by atoms with Gasteiger partial charge in [0.1, 0.15) is 28.5 Å². The molecule has 0 aliphatic heterocycles. The average molecular weight is 423 g/mol. The van der Waals surface area contributed by atoms with E-state index in [0.29, 0.717) is 18.0 Å². The van der Waals surface area contributed by atoms with Gasteiger partial charge in [0, 0.05) is 5.69 Å². The summed E-state index contributed by atoms with van der Waals surface area (Å²) in [5.74, 6) is 1.59. The fraction of sp³-hybridized carbons (Fsp3) is 0.227. The standard InChI is InChI=1S/C22H22N4O3S/c1-14-15(2)26(11-16-7-6-10-29-16)21-20(14)22(24-13-23-21)30-12-19(27)25-17-8-4-5-9-18(17)28-3/h4-10,13H,11-12H2,1-3H3,(H,25,27). The number of anilines is 1. The first-order valence-corrected chi connectivity index (χ1v) is 10.5. The van der Waals surface area contributed by atoms with E-state index in [2.05, 4.69) is 33.7 Å². The zero-order valence-electron chi connectivity index (χ0n) is 17.0. The Morgan fingerprint density at radius 1 is 1.20 bits per heavy atom. The molecule has 8 heteroatoms. The van der Waals surface area contributed by atoms with Gasteiger partial charge in [-0.1, -0.05) is 23.9 Å². The number of nitrogens with one attached hydrogen (secondary N) is 1. The van der Waals surface area contributed by atoms with Crippen molar-refractivity contribution in [2.24, 2.45) is 0 Å². The maximum atomic E-state index is 12.5. The number of amides is 1. The van der Waals surface area contributed by atoms with Gasteiger partial charge in [-0.25, -0.2) is 9.97 Å². The van der Waals surface area contributed by atoms with Crippen LogP contribution in [0.5, 0.6) is 5.75 Å². The molecule has 0 aliphatic carbocycles. The molecule has 4 aromatic rings. The van der Waals surface area contributed by atoms with Crippen molar-refractivity contribution >= 4 is 34.4 Å². The number of aryl methyl sites for hydroxylation is 1. The Morgan fingerprint density at radius 2 is 2.03 bits per heavy atom. The molecule has 7 nitrogen and oxygen atoms in total. The molecule has 1 N–H and O–H groups in total. The summed E-state index contributed by atoms with van der Waals surface area (Å²) in [5.41, 5.74) is 3.69. The number of para-hydroxylation sites is 2. The van der Waals surface area contributed by atoms with E-state index < -0.39 is 0 Å².